The average Bonchev–Trinajstić information content (AvgIpc) is 3.23. The molecular formula is C14H17N5O2S. The summed E-state index contributed by atoms with van der Waals surface area (Å²) in [6, 6.07) is 2.13. The SMILES string of the molecule is Cn1c(=O)c2sccc2n2c(CN3CCC[C@@H]3CO)nnc12. The third-order valence-electron chi connectivity index (χ3n) is 4.45. The van der Waals surface area contributed by atoms with Gasteiger partial charge >= 0.3 is 0 Å². The fourth-order valence-corrected chi connectivity index (χ4v) is 4.10. The fourth-order valence-electron chi connectivity index (χ4n) is 3.25. The number of aromatic nitrogens is 4. The first-order valence-electron chi connectivity index (χ1n) is 7.36. The topological polar surface area (TPSA) is 75.7 Å². The van der Waals surface area contributed by atoms with Crippen molar-refractivity contribution >= 4 is 27.3 Å². The molecule has 8 heteroatoms. The Labute approximate surface area is 130 Å². The molecule has 0 unspecified atom stereocenters. The molecule has 0 bridgehead atoms. The van der Waals surface area contributed by atoms with Crippen LogP contribution in [0.2, 0.25) is 0 Å². The lowest BCUT2D eigenvalue weighted by Crippen LogP contribution is -2.32. The van der Waals surface area contributed by atoms with Crippen LogP contribution in [0.3, 0.4) is 0 Å². The van der Waals surface area contributed by atoms with Crippen LogP contribution in [0.15, 0.2) is 16.2 Å². The molecule has 3 aromatic rings. The van der Waals surface area contributed by atoms with Gasteiger partial charge in [0.05, 0.1) is 18.7 Å². The van der Waals surface area contributed by atoms with Crippen LogP contribution in [-0.4, -0.2) is 48.4 Å². The molecule has 0 saturated carbocycles. The van der Waals surface area contributed by atoms with E-state index in [1.165, 1.54) is 11.3 Å². The fraction of sp³-hybridized carbons (Fsp3) is 0.500. The molecule has 7 nitrogen and oxygen atoms in total. The zero-order valence-corrected chi connectivity index (χ0v) is 13.1. The van der Waals surface area contributed by atoms with E-state index in [0.717, 1.165) is 35.4 Å². The average molecular weight is 319 g/mol. The van der Waals surface area contributed by atoms with Crippen molar-refractivity contribution in [2.75, 3.05) is 13.2 Å². The van der Waals surface area contributed by atoms with Crippen molar-refractivity contribution in [2.24, 2.45) is 7.05 Å². The molecule has 116 valence electrons. The zero-order valence-electron chi connectivity index (χ0n) is 12.3. The molecule has 0 aliphatic carbocycles. The predicted molar refractivity (Wildman–Crippen MR) is 84.1 cm³/mol. The lowest BCUT2D eigenvalue weighted by atomic mass is 10.2. The van der Waals surface area contributed by atoms with Crippen LogP contribution in [0.5, 0.6) is 0 Å². The van der Waals surface area contributed by atoms with Crippen molar-refractivity contribution in [3.63, 3.8) is 0 Å². The molecule has 0 spiro atoms. The summed E-state index contributed by atoms with van der Waals surface area (Å²) in [5.41, 5.74) is 0.828. The van der Waals surface area contributed by atoms with E-state index in [1.54, 1.807) is 11.6 Å². The molecular weight excluding hydrogens is 302 g/mol. The number of rotatable bonds is 3. The second kappa shape index (κ2) is 5.15. The molecule has 0 aromatic carbocycles. The van der Waals surface area contributed by atoms with Gasteiger partial charge in [0.1, 0.15) is 4.70 Å². The monoisotopic (exact) mass is 319 g/mol. The first kappa shape index (κ1) is 13.9. The highest BCUT2D eigenvalue weighted by Crippen LogP contribution is 2.22. The third kappa shape index (κ3) is 1.91. The van der Waals surface area contributed by atoms with Gasteiger partial charge in [-0.3, -0.25) is 18.7 Å². The second-order valence-corrected chi connectivity index (χ2v) is 6.62. The minimum Gasteiger partial charge on any atom is -0.395 e. The largest absolute Gasteiger partial charge is 0.395 e. The smallest absolute Gasteiger partial charge is 0.272 e. The third-order valence-corrected chi connectivity index (χ3v) is 5.34. The highest BCUT2D eigenvalue weighted by Gasteiger charge is 2.26. The van der Waals surface area contributed by atoms with Crippen LogP contribution in [0.25, 0.3) is 16.0 Å². The van der Waals surface area contributed by atoms with Gasteiger partial charge in [0.15, 0.2) is 5.82 Å². The molecule has 1 saturated heterocycles. The van der Waals surface area contributed by atoms with Crippen molar-refractivity contribution in [1.82, 2.24) is 24.1 Å². The van der Waals surface area contributed by atoms with E-state index < -0.39 is 0 Å². The molecule has 3 aromatic heterocycles. The van der Waals surface area contributed by atoms with Crippen molar-refractivity contribution in [1.29, 1.82) is 0 Å². The van der Waals surface area contributed by atoms with Gasteiger partial charge in [0, 0.05) is 13.1 Å². The lowest BCUT2D eigenvalue weighted by Gasteiger charge is -2.21. The maximum atomic E-state index is 12.3. The van der Waals surface area contributed by atoms with Gasteiger partial charge in [0.2, 0.25) is 5.78 Å². The Balaban J connectivity index is 1.87. The molecule has 22 heavy (non-hydrogen) atoms. The van der Waals surface area contributed by atoms with Gasteiger partial charge in [-0.1, -0.05) is 0 Å². The number of nitrogens with zero attached hydrogens (tertiary/aromatic N) is 5. The van der Waals surface area contributed by atoms with Crippen LogP contribution in [-0.2, 0) is 13.6 Å². The highest BCUT2D eigenvalue weighted by atomic mass is 32.1. The number of aliphatic hydroxyl groups is 1. The van der Waals surface area contributed by atoms with Gasteiger partial charge in [-0.15, -0.1) is 21.5 Å². The molecule has 1 fully saturated rings. The number of hydrogen-bond acceptors (Lipinski definition) is 6. The van der Waals surface area contributed by atoms with E-state index >= 15 is 0 Å². The Hall–Kier alpha value is -1.77. The van der Waals surface area contributed by atoms with Gasteiger partial charge in [-0.25, -0.2) is 0 Å². The normalized spacial score (nSPS) is 19.6. The second-order valence-electron chi connectivity index (χ2n) is 5.70. The lowest BCUT2D eigenvalue weighted by molar-refractivity contribution is 0.151. The first-order valence-corrected chi connectivity index (χ1v) is 8.24. The number of hydrogen-bond donors (Lipinski definition) is 1. The summed E-state index contributed by atoms with van der Waals surface area (Å²) in [5.74, 6) is 1.37. The Morgan fingerprint density at radius 3 is 3.14 bits per heavy atom. The van der Waals surface area contributed by atoms with Crippen LogP contribution in [0, 0.1) is 0 Å². The van der Waals surface area contributed by atoms with Crippen LogP contribution >= 0.6 is 11.3 Å². The zero-order chi connectivity index (χ0) is 15.3. The summed E-state index contributed by atoms with van der Waals surface area (Å²) in [6.07, 6.45) is 2.11. The van der Waals surface area contributed by atoms with E-state index in [0.29, 0.717) is 12.3 Å². The van der Waals surface area contributed by atoms with Crippen molar-refractivity contribution in [3.8, 4) is 0 Å². The predicted octanol–water partition coefficient (Wildman–Crippen LogP) is 0.599. The first-order chi connectivity index (χ1) is 10.7. The van der Waals surface area contributed by atoms with Crippen LogP contribution in [0.4, 0.5) is 0 Å². The molecule has 1 N–H and O–H groups in total. The van der Waals surface area contributed by atoms with Crippen molar-refractivity contribution < 1.29 is 5.11 Å². The minimum absolute atomic E-state index is 0.0362. The summed E-state index contributed by atoms with van der Waals surface area (Å²) < 4.78 is 4.22. The van der Waals surface area contributed by atoms with Gasteiger partial charge < -0.3 is 5.11 Å². The number of aliphatic hydroxyl groups excluding tert-OH is 1. The van der Waals surface area contributed by atoms with Crippen molar-refractivity contribution in [3.05, 3.63) is 27.6 Å². The number of thiophene rings is 1. The highest BCUT2D eigenvalue weighted by molar-refractivity contribution is 7.17. The summed E-state index contributed by atoms with van der Waals surface area (Å²) in [5, 5.41) is 19.9. The Morgan fingerprint density at radius 1 is 1.45 bits per heavy atom. The number of aryl methyl sites for hydroxylation is 1. The summed E-state index contributed by atoms with van der Waals surface area (Å²) in [7, 11) is 1.72. The molecule has 0 radical (unpaired) electrons. The van der Waals surface area contributed by atoms with E-state index in [-0.39, 0.29) is 18.2 Å². The molecule has 0 amide bonds. The standard InChI is InChI=1S/C14H17N5O2S/c1-17-13(21)12-10(4-6-22-12)19-11(15-16-14(17)19)7-18-5-2-3-9(18)8-20/h4,6,9,20H,2-3,5,7-8H2,1H3/t9-/m1/s1. The Bertz CT molecular complexity index is 896. The number of likely N-dealkylation sites (tertiary alicyclic amines) is 1. The van der Waals surface area contributed by atoms with E-state index in [4.69, 9.17) is 0 Å². The van der Waals surface area contributed by atoms with Gasteiger partial charge in [-0.2, -0.15) is 0 Å². The molecule has 4 heterocycles. The Morgan fingerprint density at radius 2 is 2.32 bits per heavy atom. The molecule has 4 rings (SSSR count). The van der Waals surface area contributed by atoms with Gasteiger partial charge in [0.25, 0.3) is 5.56 Å². The van der Waals surface area contributed by atoms with Crippen molar-refractivity contribution in [2.45, 2.75) is 25.4 Å². The van der Waals surface area contributed by atoms with E-state index in [1.807, 2.05) is 15.8 Å². The quantitative estimate of drug-likeness (QED) is 0.765. The summed E-state index contributed by atoms with van der Waals surface area (Å²) in [6.45, 7) is 1.76. The summed E-state index contributed by atoms with van der Waals surface area (Å²) in [4.78, 5) is 14.5. The van der Waals surface area contributed by atoms with Gasteiger partial charge in [-0.05, 0) is 30.8 Å². The Kier molecular flexibility index (Phi) is 3.24. The minimum atomic E-state index is -0.0362. The van der Waals surface area contributed by atoms with E-state index in [9.17, 15) is 9.90 Å². The maximum absolute atomic E-state index is 12.3. The molecule has 1 aliphatic rings. The van der Waals surface area contributed by atoms with Crippen LogP contribution < -0.4 is 5.56 Å². The molecule has 1 aliphatic heterocycles. The van der Waals surface area contributed by atoms with Crippen LogP contribution in [0.1, 0.15) is 18.7 Å². The number of fused-ring (bicyclic) bond motifs is 3. The summed E-state index contributed by atoms with van der Waals surface area (Å²) >= 11 is 1.44. The molecule has 1 atom stereocenters. The van der Waals surface area contributed by atoms with E-state index in [2.05, 4.69) is 15.1 Å². The maximum Gasteiger partial charge on any atom is 0.272 e.